The van der Waals surface area contributed by atoms with Gasteiger partial charge in [-0.15, -0.1) is 0 Å². The molecule has 0 radical (unpaired) electrons. The van der Waals surface area contributed by atoms with Gasteiger partial charge in [0.2, 0.25) is 5.91 Å². The SMILES string of the molecule is CC(C)C(C)NC(=O)CNC1C2CCC(C2)C1C(=O)O. The van der Waals surface area contributed by atoms with Crippen LogP contribution < -0.4 is 10.6 Å². The Balaban J connectivity index is 1.84. The summed E-state index contributed by atoms with van der Waals surface area (Å²) in [7, 11) is 0. The van der Waals surface area contributed by atoms with Crippen molar-refractivity contribution in [2.24, 2.45) is 23.7 Å². The first-order chi connectivity index (χ1) is 9.40. The lowest BCUT2D eigenvalue weighted by molar-refractivity contribution is -0.144. The lowest BCUT2D eigenvalue weighted by atomic mass is 9.84. The standard InChI is InChI=1S/C15H26N2O3/c1-8(2)9(3)17-12(18)7-16-14-11-5-4-10(6-11)13(14)15(19)20/h8-11,13-14,16H,4-7H2,1-3H3,(H,17,18)(H,19,20). The maximum absolute atomic E-state index is 11.9. The lowest BCUT2D eigenvalue weighted by Crippen LogP contribution is -2.49. The summed E-state index contributed by atoms with van der Waals surface area (Å²) in [6.45, 7) is 6.33. The minimum atomic E-state index is -0.717. The van der Waals surface area contributed by atoms with Crippen LogP contribution in [0.3, 0.4) is 0 Å². The van der Waals surface area contributed by atoms with Crippen molar-refractivity contribution in [3.05, 3.63) is 0 Å². The fourth-order valence-electron chi connectivity index (χ4n) is 3.62. The highest BCUT2D eigenvalue weighted by molar-refractivity contribution is 5.78. The van der Waals surface area contributed by atoms with Crippen LogP contribution in [0.1, 0.15) is 40.0 Å². The number of carbonyl (C=O) groups excluding carboxylic acids is 1. The molecule has 114 valence electrons. The zero-order valence-corrected chi connectivity index (χ0v) is 12.6. The van der Waals surface area contributed by atoms with Crippen LogP contribution in [0.5, 0.6) is 0 Å². The molecule has 20 heavy (non-hydrogen) atoms. The van der Waals surface area contributed by atoms with Crippen molar-refractivity contribution in [2.75, 3.05) is 6.54 Å². The summed E-state index contributed by atoms with van der Waals surface area (Å²) < 4.78 is 0. The second-order valence-electron chi connectivity index (χ2n) is 6.70. The van der Waals surface area contributed by atoms with Gasteiger partial charge in [-0.1, -0.05) is 13.8 Å². The van der Waals surface area contributed by atoms with E-state index in [0.717, 1.165) is 19.3 Å². The Morgan fingerprint density at radius 2 is 1.85 bits per heavy atom. The van der Waals surface area contributed by atoms with E-state index in [4.69, 9.17) is 0 Å². The summed E-state index contributed by atoms with van der Waals surface area (Å²) in [6, 6.07) is 0.103. The van der Waals surface area contributed by atoms with Crippen LogP contribution in [-0.4, -0.2) is 35.6 Å². The highest BCUT2D eigenvalue weighted by atomic mass is 16.4. The molecular formula is C15H26N2O3. The average molecular weight is 282 g/mol. The molecule has 2 aliphatic rings. The number of aliphatic carboxylic acids is 1. The van der Waals surface area contributed by atoms with Crippen LogP contribution >= 0.6 is 0 Å². The Hall–Kier alpha value is -1.10. The largest absolute Gasteiger partial charge is 0.481 e. The Labute approximate surface area is 120 Å². The molecule has 2 rings (SSSR count). The van der Waals surface area contributed by atoms with Gasteiger partial charge in [0.15, 0.2) is 0 Å². The summed E-state index contributed by atoms with van der Waals surface area (Å²) in [6.07, 6.45) is 3.12. The molecule has 2 aliphatic carbocycles. The first kappa shape index (κ1) is 15.3. The average Bonchev–Trinajstić information content (AvgIpc) is 2.95. The van der Waals surface area contributed by atoms with E-state index >= 15 is 0 Å². The van der Waals surface area contributed by atoms with E-state index in [1.807, 2.05) is 6.92 Å². The summed E-state index contributed by atoms with van der Waals surface area (Å²) in [5, 5.41) is 15.5. The zero-order valence-electron chi connectivity index (χ0n) is 12.6. The summed E-state index contributed by atoms with van der Waals surface area (Å²) in [5.74, 6) is 0.0464. The van der Waals surface area contributed by atoms with E-state index in [1.54, 1.807) is 0 Å². The van der Waals surface area contributed by atoms with Gasteiger partial charge in [0.25, 0.3) is 0 Å². The molecule has 3 N–H and O–H groups in total. The van der Waals surface area contributed by atoms with Gasteiger partial charge in [-0.25, -0.2) is 0 Å². The Kier molecular flexibility index (Phi) is 4.68. The third kappa shape index (κ3) is 3.14. The molecule has 0 aromatic rings. The van der Waals surface area contributed by atoms with Crippen LogP contribution in [-0.2, 0) is 9.59 Å². The van der Waals surface area contributed by atoms with Gasteiger partial charge in [-0.2, -0.15) is 0 Å². The minimum absolute atomic E-state index is 0.0358. The number of hydrogen-bond donors (Lipinski definition) is 3. The van der Waals surface area contributed by atoms with Gasteiger partial charge in [0.05, 0.1) is 12.5 Å². The molecular weight excluding hydrogens is 256 g/mol. The molecule has 2 bridgehead atoms. The van der Waals surface area contributed by atoms with Gasteiger partial charge < -0.3 is 15.7 Å². The molecule has 0 aromatic carbocycles. The van der Waals surface area contributed by atoms with Gasteiger partial charge >= 0.3 is 5.97 Å². The van der Waals surface area contributed by atoms with Gasteiger partial charge in [0.1, 0.15) is 0 Å². The predicted octanol–water partition coefficient (Wildman–Crippen LogP) is 1.24. The van der Waals surface area contributed by atoms with Gasteiger partial charge in [-0.05, 0) is 43.9 Å². The number of hydrogen-bond acceptors (Lipinski definition) is 3. The highest BCUT2D eigenvalue weighted by Crippen LogP contribution is 2.48. The maximum atomic E-state index is 11.9. The number of amides is 1. The van der Waals surface area contributed by atoms with Crippen LogP contribution in [0, 0.1) is 23.7 Å². The van der Waals surface area contributed by atoms with E-state index in [0.29, 0.717) is 17.8 Å². The molecule has 0 spiro atoms. The lowest BCUT2D eigenvalue weighted by Gasteiger charge is -2.29. The van der Waals surface area contributed by atoms with E-state index in [9.17, 15) is 14.7 Å². The topological polar surface area (TPSA) is 78.4 Å². The molecule has 1 amide bonds. The van der Waals surface area contributed by atoms with Gasteiger partial charge in [0, 0.05) is 12.1 Å². The van der Waals surface area contributed by atoms with Crippen LogP contribution in [0.25, 0.3) is 0 Å². The Morgan fingerprint density at radius 1 is 1.20 bits per heavy atom. The molecule has 0 aliphatic heterocycles. The summed E-state index contributed by atoms with van der Waals surface area (Å²) in [5.41, 5.74) is 0. The molecule has 5 unspecified atom stereocenters. The number of nitrogens with one attached hydrogen (secondary N) is 2. The van der Waals surface area contributed by atoms with E-state index in [-0.39, 0.29) is 30.5 Å². The van der Waals surface area contributed by atoms with Crippen molar-refractivity contribution >= 4 is 11.9 Å². The van der Waals surface area contributed by atoms with Crippen molar-refractivity contribution in [1.29, 1.82) is 0 Å². The smallest absolute Gasteiger partial charge is 0.308 e. The molecule has 0 heterocycles. The third-order valence-corrected chi connectivity index (χ3v) is 5.09. The Bertz CT molecular complexity index is 383. The highest BCUT2D eigenvalue weighted by Gasteiger charge is 2.50. The fourth-order valence-corrected chi connectivity index (χ4v) is 3.62. The van der Waals surface area contributed by atoms with Crippen LogP contribution in [0.4, 0.5) is 0 Å². The number of carboxylic acids is 1. The minimum Gasteiger partial charge on any atom is -0.481 e. The molecule has 5 heteroatoms. The molecule has 0 saturated heterocycles. The number of carboxylic acid groups (broad SMARTS) is 1. The molecule has 5 atom stereocenters. The van der Waals surface area contributed by atoms with Crippen molar-refractivity contribution in [3.63, 3.8) is 0 Å². The second-order valence-corrected chi connectivity index (χ2v) is 6.70. The molecule has 5 nitrogen and oxygen atoms in total. The molecule has 2 fully saturated rings. The van der Waals surface area contributed by atoms with Crippen molar-refractivity contribution in [2.45, 2.75) is 52.1 Å². The van der Waals surface area contributed by atoms with Gasteiger partial charge in [-0.3, -0.25) is 9.59 Å². The van der Waals surface area contributed by atoms with E-state index in [1.165, 1.54) is 0 Å². The number of carbonyl (C=O) groups is 2. The first-order valence-electron chi connectivity index (χ1n) is 7.65. The first-order valence-corrected chi connectivity index (χ1v) is 7.65. The van der Waals surface area contributed by atoms with E-state index in [2.05, 4.69) is 24.5 Å². The predicted molar refractivity (Wildman–Crippen MR) is 76.2 cm³/mol. The monoisotopic (exact) mass is 282 g/mol. The zero-order chi connectivity index (χ0) is 14.9. The van der Waals surface area contributed by atoms with Crippen molar-refractivity contribution < 1.29 is 14.7 Å². The summed E-state index contributed by atoms with van der Waals surface area (Å²) in [4.78, 5) is 23.2. The van der Waals surface area contributed by atoms with Crippen LogP contribution in [0.2, 0.25) is 0 Å². The molecule has 2 saturated carbocycles. The van der Waals surface area contributed by atoms with Crippen molar-refractivity contribution in [3.8, 4) is 0 Å². The van der Waals surface area contributed by atoms with E-state index < -0.39 is 5.97 Å². The maximum Gasteiger partial charge on any atom is 0.308 e. The summed E-state index contributed by atoms with van der Waals surface area (Å²) >= 11 is 0. The van der Waals surface area contributed by atoms with Crippen molar-refractivity contribution in [1.82, 2.24) is 10.6 Å². The third-order valence-electron chi connectivity index (χ3n) is 5.09. The quantitative estimate of drug-likeness (QED) is 0.685. The number of fused-ring (bicyclic) bond motifs is 2. The fraction of sp³-hybridized carbons (Fsp3) is 0.867. The van der Waals surface area contributed by atoms with Crippen LogP contribution in [0.15, 0.2) is 0 Å². The Morgan fingerprint density at radius 3 is 2.45 bits per heavy atom. The molecule has 0 aromatic heterocycles. The second kappa shape index (κ2) is 6.12. The normalized spacial score (nSPS) is 33.4. The number of rotatable bonds is 6.